The molecule has 2 N–H and O–H groups in total. The molecular weight excluding hydrogens is 416 g/mol. The van der Waals surface area contributed by atoms with Gasteiger partial charge in [0, 0.05) is 5.92 Å². The maximum absolute atomic E-state index is 11.2. The first-order valence-corrected chi connectivity index (χ1v) is 14.4. The number of rotatable bonds is 5. The fraction of sp³-hybridized carbons (Fsp3) is 0.812. The summed E-state index contributed by atoms with van der Waals surface area (Å²) in [6.45, 7) is 11.8. The van der Waals surface area contributed by atoms with Crippen LogP contribution in [-0.2, 0) is 0 Å². The molecule has 0 aliphatic heterocycles. The van der Waals surface area contributed by atoms with Crippen molar-refractivity contribution in [2.75, 3.05) is 0 Å². The Labute approximate surface area is 209 Å². The Morgan fingerprint density at radius 3 is 2.56 bits per heavy atom. The van der Waals surface area contributed by atoms with Crippen molar-refractivity contribution in [1.29, 1.82) is 0 Å². The molecule has 0 aromatic heterocycles. The quantitative estimate of drug-likeness (QED) is 0.409. The van der Waals surface area contributed by atoms with Gasteiger partial charge in [-0.3, -0.25) is 0 Å². The van der Waals surface area contributed by atoms with Gasteiger partial charge in [0.2, 0.25) is 0 Å². The molecule has 34 heavy (non-hydrogen) atoms. The predicted octanol–water partition coefficient (Wildman–Crippen LogP) is 7.62. The first kappa shape index (κ1) is 24.8. The van der Waals surface area contributed by atoms with E-state index in [-0.39, 0.29) is 5.92 Å². The van der Waals surface area contributed by atoms with Crippen LogP contribution in [0.15, 0.2) is 36.0 Å². The zero-order valence-corrected chi connectivity index (χ0v) is 22.5. The van der Waals surface area contributed by atoms with Crippen LogP contribution < -0.4 is 0 Å². The van der Waals surface area contributed by atoms with Crippen LogP contribution in [0.4, 0.5) is 0 Å². The van der Waals surface area contributed by atoms with Gasteiger partial charge < -0.3 is 10.2 Å². The lowest BCUT2D eigenvalue weighted by atomic mass is 9.46. The number of hydrogen-bond acceptors (Lipinski definition) is 2. The van der Waals surface area contributed by atoms with Crippen LogP contribution in [0.1, 0.15) is 105 Å². The summed E-state index contributed by atoms with van der Waals surface area (Å²) in [6.07, 6.45) is 24.0. The normalized spacial score (nSPS) is 48.3. The SMILES string of the molecule is C[C@H](CC[C@@](C)(O)C1C=CC=CC1)[C@H]1CC[C@H]2C3CC=C4C[C@@](C)(O)CC[C@]4(C)[C@H]3CC[C@]12C. The van der Waals surface area contributed by atoms with E-state index in [1.165, 1.54) is 32.1 Å². The van der Waals surface area contributed by atoms with E-state index in [4.69, 9.17) is 0 Å². The van der Waals surface area contributed by atoms with Gasteiger partial charge in [-0.25, -0.2) is 0 Å². The van der Waals surface area contributed by atoms with Gasteiger partial charge in [-0.05, 0) is 125 Å². The molecule has 0 heterocycles. The molecule has 3 saturated carbocycles. The van der Waals surface area contributed by atoms with Crippen molar-refractivity contribution in [3.63, 3.8) is 0 Å². The van der Waals surface area contributed by atoms with Crippen LogP contribution >= 0.6 is 0 Å². The van der Waals surface area contributed by atoms with E-state index in [0.717, 1.165) is 62.2 Å². The van der Waals surface area contributed by atoms with Crippen molar-refractivity contribution < 1.29 is 10.2 Å². The van der Waals surface area contributed by atoms with Gasteiger partial charge >= 0.3 is 0 Å². The van der Waals surface area contributed by atoms with Crippen LogP contribution in [0, 0.1) is 46.3 Å². The highest BCUT2D eigenvalue weighted by Crippen LogP contribution is 2.67. The monoisotopic (exact) mass is 466 g/mol. The van der Waals surface area contributed by atoms with Crippen molar-refractivity contribution in [1.82, 2.24) is 0 Å². The van der Waals surface area contributed by atoms with Crippen LogP contribution in [-0.4, -0.2) is 21.4 Å². The zero-order valence-electron chi connectivity index (χ0n) is 22.5. The number of allylic oxidation sites excluding steroid dienone is 4. The van der Waals surface area contributed by atoms with E-state index in [1.807, 2.05) is 6.92 Å². The highest BCUT2D eigenvalue weighted by Gasteiger charge is 2.59. The van der Waals surface area contributed by atoms with Crippen LogP contribution in [0.3, 0.4) is 0 Å². The molecule has 0 spiro atoms. The van der Waals surface area contributed by atoms with Crippen molar-refractivity contribution in [3.05, 3.63) is 36.0 Å². The summed E-state index contributed by atoms with van der Waals surface area (Å²) >= 11 is 0. The third-order valence-corrected chi connectivity index (χ3v) is 12.0. The molecule has 3 fully saturated rings. The van der Waals surface area contributed by atoms with Gasteiger partial charge in [0.15, 0.2) is 0 Å². The van der Waals surface area contributed by atoms with E-state index < -0.39 is 11.2 Å². The minimum absolute atomic E-state index is 0.257. The molecular formula is C32H50O2. The number of aliphatic hydroxyl groups is 2. The van der Waals surface area contributed by atoms with Gasteiger partial charge in [-0.1, -0.05) is 56.7 Å². The molecule has 0 amide bonds. The lowest BCUT2D eigenvalue weighted by Crippen LogP contribution is -2.52. The first-order chi connectivity index (χ1) is 16.0. The van der Waals surface area contributed by atoms with Crippen molar-refractivity contribution in [3.8, 4) is 0 Å². The van der Waals surface area contributed by atoms with Gasteiger partial charge in [-0.2, -0.15) is 0 Å². The standard InChI is InChI=1S/C32H50O2/c1-22(15-18-32(5,34)23-9-7-6-8-10-23)26-13-14-27-25-12-11-24-21-29(2,33)19-20-30(24,3)28(25)16-17-31(26,27)4/h6-9,11,22-23,25-28,33-34H,10,12-21H2,1-5H3/t22-,23?,25?,26-,27+,28+,29+,30+,31-,32-/m1/s1. The summed E-state index contributed by atoms with van der Waals surface area (Å²) in [4.78, 5) is 0. The highest BCUT2D eigenvalue weighted by atomic mass is 16.3. The minimum atomic E-state index is -0.604. The minimum Gasteiger partial charge on any atom is -0.390 e. The highest BCUT2D eigenvalue weighted by molar-refractivity contribution is 5.27. The topological polar surface area (TPSA) is 40.5 Å². The molecule has 0 aromatic carbocycles. The molecule has 0 bridgehead atoms. The molecule has 5 aliphatic carbocycles. The van der Waals surface area contributed by atoms with Gasteiger partial charge in [0.1, 0.15) is 0 Å². The second kappa shape index (κ2) is 8.62. The summed E-state index contributed by atoms with van der Waals surface area (Å²) in [7, 11) is 0. The second-order valence-electron chi connectivity index (χ2n) is 14.2. The van der Waals surface area contributed by atoms with Gasteiger partial charge in [-0.15, -0.1) is 0 Å². The Balaban J connectivity index is 1.27. The molecule has 0 saturated heterocycles. The third-order valence-electron chi connectivity index (χ3n) is 12.0. The van der Waals surface area contributed by atoms with E-state index in [0.29, 0.717) is 16.7 Å². The molecule has 0 radical (unpaired) electrons. The predicted molar refractivity (Wildman–Crippen MR) is 141 cm³/mol. The summed E-state index contributed by atoms with van der Waals surface area (Å²) < 4.78 is 0. The van der Waals surface area contributed by atoms with Crippen LogP contribution in [0.5, 0.6) is 0 Å². The molecule has 190 valence electrons. The Kier molecular flexibility index (Phi) is 6.29. The molecule has 5 rings (SSSR count). The average Bonchev–Trinajstić information content (AvgIpc) is 3.16. The van der Waals surface area contributed by atoms with Crippen LogP contribution in [0.25, 0.3) is 0 Å². The Morgan fingerprint density at radius 1 is 1.03 bits per heavy atom. The van der Waals surface area contributed by atoms with Crippen molar-refractivity contribution in [2.24, 2.45) is 46.3 Å². The van der Waals surface area contributed by atoms with E-state index in [2.05, 4.69) is 58.1 Å². The smallest absolute Gasteiger partial charge is 0.0685 e. The lowest BCUT2D eigenvalue weighted by Gasteiger charge is -2.59. The molecule has 5 aliphatic rings. The van der Waals surface area contributed by atoms with E-state index in [9.17, 15) is 10.2 Å². The summed E-state index contributed by atoms with van der Waals surface area (Å²) in [5.41, 5.74) is 1.25. The largest absolute Gasteiger partial charge is 0.390 e. The fourth-order valence-electron chi connectivity index (χ4n) is 9.73. The maximum atomic E-state index is 11.2. The summed E-state index contributed by atoms with van der Waals surface area (Å²) in [6, 6.07) is 0. The third kappa shape index (κ3) is 4.09. The zero-order chi connectivity index (χ0) is 24.4. The fourth-order valence-corrected chi connectivity index (χ4v) is 9.73. The van der Waals surface area contributed by atoms with E-state index >= 15 is 0 Å². The van der Waals surface area contributed by atoms with Crippen LogP contribution in [0.2, 0.25) is 0 Å². The summed E-state index contributed by atoms with van der Waals surface area (Å²) in [5.74, 6) is 4.21. The second-order valence-corrected chi connectivity index (χ2v) is 14.2. The summed E-state index contributed by atoms with van der Waals surface area (Å²) in [5, 5.41) is 22.0. The van der Waals surface area contributed by atoms with Gasteiger partial charge in [0.25, 0.3) is 0 Å². The maximum Gasteiger partial charge on any atom is 0.0685 e. The Morgan fingerprint density at radius 2 is 1.82 bits per heavy atom. The van der Waals surface area contributed by atoms with Gasteiger partial charge in [0.05, 0.1) is 11.2 Å². The Hall–Kier alpha value is -0.860. The molecule has 2 nitrogen and oxygen atoms in total. The van der Waals surface area contributed by atoms with Crippen molar-refractivity contribution in [2.45, 2.75) is 116 Å². The molecule has 10 atom stereocenters. The average molecular weight is 467 g/mol. The van der Waals surface area contributed by atoms with E-state index in [1.54, 1.807) is 5.57 Å². The molecule has 2 unspecified atom stereocenters. The van der Waals surface area contributed by atoms with Crippen molar-refractivity contribution >= 4 is 0 Å². The molecule has 0 aromatic rings. The molecule has 2 heteroatoms. The Bertz CT molecular complexity index is 862. The first-order valence-electron chi connectivity index (χ1n) is 14.4. The lowest BCUT2D eigenvalue weighted by molar-refractivity contribution is -0.0720. The number of fused-ring (bicyclic) bond motifs is 5. The number of hydrogen-bond donors (Lipinski definition) is 2.